The molecule has 0 fully saturated rings. The van der Waals surface area contributed by atoms with E-state index in [2.05, 4.69) is 0 Å². The molecule has 0 heterocycles. The zero-order chi connectivity index (χ0) is 12.4. The van der Waals surface area contributed by atoms with Crippen molar-refractivity contribution in [1.82, 2.24) is 0 Å². The summed E-state index contributed by atoms with van der Waals surface area (Å²) in [5, 5.41) is 11.5. The Labute approximate surface area is 99.3 Å². The molecule has 4 heteroatoms. The van der Waals surface area contributed by atoms with Gasteiger partial charge in [-0.1, -0.05) is 12.1 Å². The van der Waals surface area contributed by atoms with Crippen molar-refractivity contribution in [3.63, 3.8) is 0 Å². The number of rotatable bonds is 3. The first-order chi connectivity index (χ1) is 8.22. The van der Waals surface area contributed by atoms with Crippen molar-refractivity contribution in [2.24, 2.45) is 0 Å². The van der Waals surface area contributed by atoms with Gasteiger partial charge >= 0.3 is 0 Å². The van der Waals surface area contributed by atoms with Gasteiger partial charge in [0.15, 0.2) is 11.5 Å². The molecular weight excluding hydrogens is 220 g/mol. The van der Waals surface area contributed by atoms with Crippen LogP contribution in [0.5, 0.6) is 23.0 Å². The maximum atomic E-state index is 10.1. The fourth-order valence-corrected chi connectivity index (χ4v) is 1.86. The smallest absolute Gasteiger partial charge is 0.169 e. The number of hydrogen-bond donors (Lipinski definition) is 1. The Kier molecular flexibility index (Phi) is 2.95. The molecule has 0 spiro atoms. The first kappa shape index (κ1) is 11.4. The Morgan fingerprint density at radius 2 is 1.53 bits per heavy atom. The molecule has 0 amide bonds. The summed E-state index contributed by atoms with van der Waals surface area (Å²) in [5.41, 5.74) is 0. The van der Waals surface area contributed by atoms with Crippen molar-refractivity contribution in [2.75, 3.05) is 21.3 Å². The minimum Gasteiger partial charge on any atom is -0.504 e. The molecule has 0 aliphatic rings. The van der Waals surface area contributed by atoms with E-state index in [1.165, 1.54) is 7.11 Å². The maximum Gasteiger partial charge on any atom is 0.169 e. The van der Waals surface area contributed by atoms with Gasteiger partial charge in [-0.3, -0.25) is 0 Å². The normalized spacial score (nSPS) is 10.3. The highest BCUT2D eigenvalue weighted by Crippen LogP contribution is 2.44. The Morgan fingerprint density at radius 3 is 2.12 bits per heavy atom. The molecular formula is C13H14O4. The zero-order valence-corrected chi connectivity index (χ0v) is 9.98. The average molecular weight is 234 g/mol. The summed E-state index contributed by atoms with van der Waals surface area (Å²) in [4.78, 5) is 0. The van der Waals surface area contributed by atoms with Crippen molar-refractivity contribution in [1.29, 1.82) is 0 Å². The van der Waals surface area contributed by atoms with E-state index in [0.29, 0.717) is 22.6 Å². The fraction of sp³-hybridized carbons (Fsp3) is 0.231. The van der Waals surface area contributed by atoms with E-state index < -0.39 is 0 Å². The summed E-state index contributed by atoms with van der Waals surface area (Å²) >= 11 is 0. The lowest BCUT2D eigenvalue weighted by Gasteiger charge is -2.13. The van der Waals surface area contributed by atoms with E-state index >= 15 is 0 Å². The average Bonchev–Trinajstić information content (AvgIpc) is 2.38. The van der Waals surface area contributed by atoms with Crippen LogP contribution in [-0.2, 0) is 0 Å². The molecule has 0 aromatic heterocycles. The first-order valence-corrected chi connectivity index (χ1v) is 5.13. The fourth-order valence-electron chi connectivity index (χ4n) is 1.86. The van der Waals surface area contributed by atoms with Crippen LogP contribution in [0.2, 0.25) is 0 Å². The Morgan fingerprint density at radius 1 is 0.882 bits per heavy atom. The summed E-state index contributed by atoms with van der Waals surface area (Å²) < 4.78 is 15.6. The lowest BCUT2D eigenvalue weighted by molar-refractivity contribution is 0.366. The summed E-state index contributed by atoms with van der Waals surface area (Å²) in [6.45, 7) is 0. The molecule has 0 radical (unpaired) electrons. The SMILES string of the molecule is COc1cc(OC)c2cccc(OC)c2c1O. The highest BCUT2D eigenvalue weighted by atomic mass is 16.5. The molecule has 0 aliphatic heterocycles. The molecule has 0 bridgehead atoms. The minimum absolute atomic E-state index is 0.0563. The van der Waals surface area contributed by atoms with Crippen molar-refractivity contribution in [2.45, 2.75) is 0 Å². The molecule has 1 N–H and O–H groups in total. The van der Waals surface area contributed by atoms with Crippen LogP contribution in [0.15, 0.2) is 24.3 Å². The highest BCUT2D eigenvalue weighted by Gasteiger charge is 2.15. The maximum absolute atomic E-state index is 10.1. The van der Waals surface area contributed by atoms with Gasteiger partial charge in [0.25, 0.3) is 0 Å². The van der Waals surface area contributed by atoms with E-state index in [4.69, 9.17) is 14.2 Å². The van der Waals surface area contributed by atoms with Crippen LogP contribution >= 0.6 is 0 Å². The molecule has 90 valence electrons. The number of fused-ring (bicyclic) bond motifs is 1. The van der Waals surface area contributed by atoms with Crippen LogP contribution in [0.25, 0.3) is 10.8 Å². The van der Waals surface area contributed by atoms with Gasteiger partial charge in [-0.15, -0.1) is 0 Å². The predicted octanol–water partition coefficient (Wildman–Crippen LogP) is 2.57. The molecule has 17 heavy (non-hydrogen) atoms. The number of hydrogen-bond acceptors (Lipinski definition) is 4. The molecule has 2 aromatic rings. The summed E-state index contributed by atoms with van der Waals surface area (Å²) in [6, 6.07) is 7.13. The van der Waals surface area contributed by atoms with Gasteiger partial charge in [-0.25, -0.2) is 0 Å². The largest absolute Gasteiger partial charge is 0.504 e. The van der Waals surface area contributed by atoms with E-state index in [9.17, 15) is 5.11 Å². The number of phenolic OH excluding ortho intramolecular Hbond substituents is 1. The van der Waals surface area contributed by atoms with Gasteiger partial charge in [0.1, 0.15) is 11.5 Å². The van der Waals surface area contributed by atoms with Gasteiger partial charge in [0, 0.05) is 11.5 Å². The topological polar surface area (TPSA) is 47.9 Å². The van der Waals surface area contributed by atoms with E-state index in [-0.39, 0.29) is 5.75 Å². The number of aromatic hydroxyl groups is 1. The number of phenols is 1. The van der Waals surface area contributed by atoms with Crippen LogP contribution in [-0.4, -0.2) is 26.4 Å². The van der Waals surface area contributed by atoms with Gasteiger partial charge in [-0.2, -0.15) is 0 Å². The molecule has 0 aliphatic carbocycles. The monoisotopic (exact) mass is 234 g/mol. The lowest BCUT2D eigenvalue weighted by Crippen LogP contribution is -1.92. The second-order valence-corrected chi connectivity index (χ2v) is 3.51. The molecule has 0 saturated carbocycles. The van der Waals surface area contributed by atoms with Gasteiger partial charge in [0.05, 0.1) is 26.7 Å². The van der Waals surface area contributed by atoms with E-state index in [0.717, 1.165) is 5.39 Å². The van der Waals surface area contributed by atoms with Crippen molar-refractivity contribution in [3.8, 4) is 23.0 Å². The van der Waals surface area contributed by atoms with Crippen LogP contribution in [0, 0.1) is 0 Å². The Bertz CT molecular complexity index is 549. The Hall–Kier alpha value is -2.10. The summed E-state index contributed by atoms with van der Waals surface area (Å²) in [5.74, 6) is 1.63. The number of ether oxygens (including phenoxy) is 3. The predicted molar refractivity (Wildman–Crippen MR) is 65.3 cm³/mol. The second kappa shape index (κ2) is 4.41. The third-order valence-electron chi connectivity index (χ3n) is 2.68. The number of methoxy groups -OCH3 is 3. The van der Waals surface area contributed by atoms with Crippen LogP contribution in [0.1, 0.15) is 0 Å². The lowest BCUT2D eigenvalue weighted by atomic mass is 10.1. The third kappa shape index (κ3) is 1.71. The van der Waals surface area contributed by atoms with Gasteiger partial charge in [0.2, 0.25) is 0 Å². The minimum atomic E-state index is 0.0563. The summed E-state index contributed by atoms with van der Waals surface area (Å²) in [6.07, 6.45) is 0. The quantitative estimate of drug-likeness (QED) is 0.886. The van der Waals surface area contributed by atoms with Crippen molar-refractivity contribution in [3.05, 3.63) is 24.3 Å². The van der Waals surface area contributed by atoms with Crippen LogP contribution < -0.4 is 14.2 Å². The van der Waals surface area contributed by atoms with Gasteiger partial charge in [-0.05, 0) is 6.07 Å². The second-order valence-electron chi connectivity index (χ2n) is 3.51. The van der Waals surface area contributed by atoms with Crippen LogP contribution in [0.4, 0.5) is 0 Å². The Balaban J connectivity index is 2.89. The molecule has 4 nitrogen and oxygen atoms in total. The van der Waals surface area contributed by atoms with E-state index in [1.807, 2.05) is 12.1 Å². The first-order valence-electron chi connectivity index (χ1n) is 5.13. The molecule has 2 rings (SSSR count). The molecule has 2 aromatic carbocycles. The van der Waals surface area contributed by atoms with Gasteiger partial charge < -0.3 is 19.3 Å². The zero-order valence-electron chi connectivity index (χ0n) is 9.98. The summed E-state index contributed by atoms with van der Waals surface area (Å²) in [7, 11) is 4.63. The number of benzene rings is 2. The molecule has 0 atom stereocenters. The van der Waals surface area contributed by atoms with Crippen LogP contribution in [0.3, 0.4) is 0 Å². The van der Waals surface area contributed by atoms with Crippen molar-refractivity contribution < 1.29 is 19.3 Å². The molecule has 0 unspecified atom stereocenters. The third-order valence-corrected chi connectivity index (χ3v) is 2.68. The standard InChI is InChI=1S/C13H14O4/c1-15-9-6-4-5-8-10(16-2)7-11(17-3)13(14)12(8)9/h4-7,14H,1-3H3. The highest BCUT2D eigenvalue weighted by molar-refractivity contribution is 5.99. The van der Waals surface area contributed by atoms with E-state index in [1.54, 1.807) is 26.4 Å². The molecule has 0 saturated heterocycles. The van der Waals surface area contributed by atoms with Crippen molar-refractivity contribution >= 4 is 10.8 Å².